The van der Waals surface area contributed by atoms with Crippen LogP contribution in [0.2, 0.25) is 0 Å². The molecule has 0 atom stereocenters. The second-order valence-electron chi connectivity index (χ2n) is 1.07. The summed E-state index contributed by atoms with van der Waals surface area (Å²) in [5, 5.41) is 7.54. The van der Waals surface area contributed by atoms with Crippen molar-refractivity contribution in [2.75, 3.05) is 0 Å². The zero-order valence-electron chi connectivity index (χ0n) is 4.92. The third-order valence-corrected chi connectivity index (χ3v) is 0.157. The largest absolute Gasteiger partial charge is 0.352 e. The van der Waals surface area contributed by atoms with Crippen LogP contribution in [0, 0.1) is 0 Å². The number of rotatable bonds is 0. The Hall–Kier alpha value is -1.30. The van der Waals surface area contributed by atoms with Gasteiger partial charge in [0.15, 0.2) is 0 Å². The highest BCUT2D eigenvalue weighted by molar-refractivity contribution is 5.71. The summed E-state index contributed by atoms with van der Waals surface area (Å²) < 4.78 is 0. The fraction of sp³-hybridized carbons (Fsp3) is 0.333. The first kappa shape index (κ1) is 10.6. The third-order valence-electron chi connectivity index (χ3n) is 0.157. The second kappa shape index (κ2) is 6.70. The van der Waals surface area contributed by atoms with Crippen molar-refractivity contribution in [2.45, 2.75) is 6.92 Å². The predicted molar refractivity (Wildman–Crippen MR) is 29.4 cm³/mol. The molecule has 0 saturated heterocycles. The Balaban J connectivity index is 0. The maximum absolute atomic E-state index is 9.45. The summed E-state index contributed by atoms with van der Waals surface area (Å²) >= 11 is 0. The Bertz CT molecular complexity index is 98.5. The van der Waals surface area contributed by atoms with Crippen molar-refractivity contribution in [1.82, 2.24) is 5.48 Å². The Labute approximate surface area is 51.8 Å². The first-order valence-electron chi connectivity index (χ1n) is 1.96. The Morgan fingerprint density at radius 3 is 1.56 bits per heavy atom. The van der Waals surface area contributed by atoms with E-state index in [4.69, 9.17) is 10.0 Å². The van der Waals surface area contributed by atoms with E-state index in [0.717, 1.165) is 0 Å². The van der Waals surface area contributed by atoms with E-state index < -0.39 is 11.9 Å². The first-order chi connectivity index (χ1) is 4.00. The van der Waals surface area contributed by atoms with E-state index in [0.29, 0.717) is 0 Å². The number of hydroxylamine groups is 1. The molecule has 0 aliphatic rings. The highest BCUT2D eigenvalue weighted by Crippen LogP contribution is 1.44. The highest BCUT2D eigenvalue weighted by atomic mass is 16.5. The Morgan fingerprint density at radius 2 is 1.56 bits per heavy atom. The molecule has 6 N–H and O–H groups in total. The number of hydrogen-bond acceptors (Lipinski definition) is 3. The number of carbonyl (C=O) groups excluding carboxylic acids is 2. The van der Waals surface area contributed by atoms with Crippen LogP contribution >= 0.6 is 0 Å². The molecule has 0 radical (unpaired) electrons. The fourth-order valence-corrected chi connectivity index (χ4v) is 0. The predicted octanol–water partition coefficient (Wildman–Crippen LogP) is -1.46. The van der Waals surface area contributed by atoms with E-state index in [1.165, 1.54) is 12.4 Å². The normalized spacial score (nSPS) is 6.44. The number of primary amides is 2. The van der Waals surface area contributed by atoms with Gasteiger partial charge in [0, 0.05) is 6.92 Å². The van der Waals surface area contributed by atoms with E-state index in [9.17, 15) is 4.79 Å². The Morgan fingerprint density at radius 1 is 1.44 bits per heavy atom. The molecule has 0 aliphatic carbocycles. The lowest BCUT2D eigenvalue weighted by molar-refractivity contribution is -0.126. The van der Waals surface area contributed by atoms with Gasteiger partial charge in [0.1, 0.15) is 0 Å². The molecule has 9 heavy (non-hydrogen) atoms. The minimum atomic E-state index is -0.833. The fourth-order valence-electron chi connectivity index (χ4n) is 0. The van der Waals surface area contributed by atoms with Gasteiger partial charge in [-0.05, 0) is 0 Å². The quantitative estimate of drug-likeness (QED) is 0.240. The zero-order valence-corrected chi connectivity index (χ0v) is 4.92. The number of nitrogens with two attached hydrogens (primary N) is 2. The third kappa shape index (κ3) is 302. The first-order valence-corrected chi connectivity index (χ1v) is 1.96. The van der Waals surface area contributed by atoms with Crippen LogP contribution in [-0.4, -0.2) is 17.1 Å². The lowest BCUT2D eigenvalue weighted by Crippen LogP contribution is -2.18. The van der Waals surface area contributed by atoms with E-state index in [1.54, 1.807) is 0 Å². The molecule has 0 spiro atoms. The number of hydrogen-bond donors (Lipinski definition) is 4. The van der Waals surface area contributed by atoms with E-state index in [-0.39, 0.29) is 0 Å². The van der Waals surface area contributed by atoms with Crippen molar-refractivity contribution >= 4 is 11.9 Å². The highest BCUT2D eigenvalue weighted by Gasteiger charge is 1.74. The summed E-state index contributed by atoms with van der Waals surface area (Å²) in [5.74, 6) is -0.440. The second-order valence-corrected chi connectivity index (χ2v) is 1.07. The van der Waals surface area contributed by atoms with Crippen molar-refractivity contribution < 1.29 is 14.8 Å². The number of amides is 3. The monoisotopic (exact) mass is 135 g/mol. The smallest absolute Gasteiger partial charge is 0.309 e. The molecular formula is C3H9N3O3. The Kier molecular flexibility index (Phi) is 7.92. The van der Waals surface area contributed by atoms with Crippen molar-refractivity contribution in [1.29, 1.82) is 0 Å². The summed E-state index contributed by atoms with van der Waals surface area (Å²) in [6.45, 7) is 1.22. The van der Waals surface area contributed by atoms with Gasteiger partial charge < -0.3 is 11.5 Å². The molecule has 3 amide bonds. The van der Waals surface area contributed by atoms with Crippen LogP contribution in [0.4, 0.5) is 4.79 Å². The van der Waals surface area contributed by atoms with Gasteiger partial charge in [-0.3, -0.25) is 10.0 Å². The van der Waals surface area contributed by atoms with Crippen LogP contribution in [0.5, 0.6) is 0 Å². The van der Waals surface area contributed by atoms with Crippen molar-refractivity contribution in [2.24, 2.45) is 11.5 Å². The van der Waals surface area contributed by atoms with Crippen molar-refractivity contribution in [3.63, 3.8) is 0 Å². The molecule has 0 unspecified atom stereocenters. The van der Waals surface area contributed by atoms with Gasteiger partial charge in [0.25, 0.3) is 0 Å². The molecule has 0 aromatic heterocycles. The van der Waals surface area contributed by atoms with Gasteiger partial charge in [0.05, 0.1) is 0 Å². The molecule has 0 rings (SSSR count). The number of nitrogens with one attached hydrogen (secondary N) is 1. The lowest BCUT2D eigenvalue weighted by Gasteiger charge is -1.78. The van der Waals surface area contributed by atoms with E-state index in [1.807, 2.05) is 0 Å². The maximum Gasteiger partial charge on any atom is 0.309 e. The topological polar surface area (TPSA) is 118 Å². The maximum atomic E-state index is 9.45. The molecule has 0 aromatic carbocycles. The van der Waals surface area contributed by atoms with Crippen molar-refractivity contribution in [3.05, 3.63) is 0 Å². The van der Waals surface area contributed by atoms with Crippen LogP contribution in [0.3, 0.4) is 0 Å². The summed E-state index contributed by atoms with van der Waals surface area (Å²) in [6.07, 6.45) is 0. The van der Waals surface area contributed by atoms with E-state index in [2.05, 4.69) is 11.5 Å². The van der Waals surface area contributed by atoms with Gasteiger partial charge in [-0.15, -0.1) is 0 Å². The molecule has 0 saturated carbocycles. The van der Waals surface area contributed by atoms with Crippen molar-refractivity contribution in [3.8, 4) is 0 Å². The minimum absolute atomic E-state index is 0.440. The summed E-state index contributed by atoms with van der Waals surface area (Å²) in [5.41, 5.74) is 9.89. The molecular weight excluding hydrogens is 126 g/mol. The minimum Gasteiger partial charge on any atom is -0.352 e. The number of carbonyl (C=O) groups is 2. The standard InChI is InChI=1S/C2H5NO2.CH4N2O/c1-2(4)3-5;2-1(3)4/h5H,1H3,(H,3,4);(H4,2,3,4). The summed E-state index contributed by atoms with van der Waals surface area (Å²) in [7, 11) is 0. The van der Waals surface area contributed by atoms with Crippen LogP contribution < -0.4 is 16.9 Å². The van der Waals surface area contributed by atoms with Gasteiger partial charge >= 0.3 is 6.03 Å². The average molecular weight is 135 g/mol. The van der Waals surface area contributed by atoms with E-state index >= 15 is 0 Å². The molecule has 54 valence electrons. The van der Waals surface area contributed by atoms with Crippen LogP contribution in [0.25, 0.3) is 0 Å². The van der Waals surface area contributed by atoms with Gasteiger partial charge in [0.2, 0.25) is 5.91 Å². The molecule has 6 heteroatoms. The van der Waals surface area contributed by atoms with Gasteiger partial charge in [-0.1, -0.05) is 0 Å². The summed E-state index contributed by atoms with van der Waals surface area (Å²) in [4.78, 5) is 18.5. The molecule has 0 aromatic rings. The SMILES string of the molecule is CC(=O)NO.NC(N)=O. The summed E-state index contributed by atoms with van der Waals surface area (Å²) in [6, 6.07) is -0.833. The number of urea groups is 1. The molecule has 0 heterocycles. The lowest BCUT2D eigenvalue weighted by atomic mass is 10.8. The van der Waals surface area contributed by atoms with Gasteiger partial charge in [-0.2, -0.15) is 0 Å². The van der Waals surface area contributed by atoms with Crippen LogP contribution in [0.1, 0.15) is 6.92 Å². The molecule has 6 nitrogen and oxygen atoms in total. The molecule has 0 fully saturated rings. The molecule has 0 aliphatic heterocycles. The average Bonchev–Trinajstić information content (AvgIpc) is 1.65. The van der Waals surface area contributed by atoms with Crippen LogP contribution in [-0.2, 0) is 4.79 Å². The zero-order chi connectivity index (χ0) is 7.86. The molecule has 0 bridgehead atoms. The van der Waals surface area contributed by atoms with Gasteiger partial charge in [-0.25, -0.2) is 10.3 Å². The van der Waals surface area contributed by atoms with Crippen LogP contribution in [0.15, 0.2) is 0 Å².